The number of nitrogens with one attached hydrogen (secondary N) is 2. The smallest absolute Gasteiger partial charge is 0.295 e. The van der Waals surface area contributed by atoms with Gasteiger partial charge in [0.05, 0.1) is 12.3 Å². The molecule has 0 radical (unpaired) electrons. The van der Waals surface area contributed by atoms with Crippen molar-refractivity contribution in [3.05, 3.63) is 18.2 Å². The van der Waals surface area contributed by atoms with E-state index < -0.39 is 0 Å². The van der Waals surface area contributed by atoms with Gasteiger partial charge in [0, 0.05) is 26.6 Å². The third kappa shape index (κ3) is 3.61. The van der Waals surface area contributed by atoms with E-state index in [0.717, 1.165) is 0 Å². The lowest BCUT2D eigenvalue weighted by molar-refractivity contribution is -0.121. The Labute approximate surface area is 116 Å². The van der Waals surface area contributed by atoms with Crippen molar-refractivity contribution in [2.45, 2.75) is 6.42 Å². The Kier molecular flexibility index (Phi) is 4.78. The zero-order valence-corrected chi connectivity index (χ0v) is 11.3. The number of nitrogens with zero attached hydrogens (tertiary/aromatic N) is 1. The quantitative estimate of drug-likeness (QED) is 0.515. The number of carbonyl (C=O) groups is 1. The average Bonchev–Trinajstić information content (AvgIpc) is 2.83. The first-order chi connectivity index (χ1) is 9.70. The van der Waals surface area contributed by atoms with Crippen LogP contribution in [0.15, 0.2) is 22.6 Å². The van der Waals surface area contributed by atoms with Gasteiger partial charge in [0.25, 0.3) is 6.01 Å². The molecule has 0 saturated heterocycles. The molecular weight excluding hydrogens is 260 g/mol. The van der Waals surface area contributed by atoms with Crippen LogP contribution in [0.1, 0.15) is 6.42 Å². The fraction of sp³-hybridized carbons (Fsp3) is 0.385. The molecule has 0 fully saturated rings. The molecule has 0 spiro atoms. The van der Waals surface area contributed by atoms with Gasteiger partial charge in [-0.05, 0) is 12.1 Å². The van der Waals surface area contributed by atoms with Crippen molar-refractivity contribution in [1.82, 2.24) is 10.3 Å². The summed E-state index contributed by atoms with van der Waals surface area (Å²) in [4.78, 5) is 15.7. The van der Waals surface area contributed by atoms with E-state index in [2.05, 4.69) is 15.6 Å². The number of hydrogen-bond donors (Lipinski definition) is 3. The number of aromatic nitrogens is 1. The Morgan fingerprint density at radius 1 is 1.45 bits per heavy atom. The summed E-state index contributed by atoms with van der Waals surface area (Å²) < 4.78 is 10.3. The minimum Gasteiger partial charge on any atom is -0.423 e. The van der Waals surface area contributed by atoms with Crippen LogP contribution in [0, 0.1) is 0 Å². The van der Waals surface area contributed by atoms with Crippen LogP contribution in [-0.2, 0) is 9.53 Å². The van der Waals surface area contributed by atoms with E-state index >= 15 is 0 Å². The highest BCUT2D eigenvalue weighted by atomic mass is 16.5. The first kappa shape index (κ1) is 14.1. The zero-order chi connectivity index (χ0) is 14.4. The van der Waals surface area contributed by atoms with E-state index in [9.17, 15) is 4.79 Å². The first-order valence-electron chi connectivity index (χ1n) is 6.35. The van der Waals surface area contributed by atoms with E-state index in [1.807, 2.05) is 0 Å². The van der Waals surface area contributed by atoms with E-state index in [4.69, 9.17) is 14.9 Å². The van der Waals surface area contributed by atoms with Crippen molar-refractivity contribution in [2.24, 2.45) is 0 Å². The Morgan fingerprint density at radius 3 is 3.05 bits per heavy atom. The van der Waals surface area contributed by atoms with Gasteiger partial charge in [0.2, 0.25) is 5.91 Å². The van der Waals surface area contributed by atoms with Crippen molar-refractivity contribution in [3.8, 4) is 0 Å². The summed E-state index contributed by atoms with van der Waals surface area (Å²) in [7, 11) is 1.59. The third-order valence-electron chi connectivity index (χ3n) is 2.71. The molecule has 0 aliphatic rings. The van der Waals surface area contributed by atoms with Crippen LogP contribution in [0.25, 0.3) is 11.1 Å². The molecule has 7 heteroatoms. The fourth-order valence-electron chi connectivity index (χ4n) is 1.71. The van der Waals surface area contributed by atoms with Crippen molar-refractivity contribution in [1.29, 1.82) is 0 Å². The molecule has 20 heavy (non-hydrogen) atoms. The summed E-state index contributed by atoms with van der Waals surface area (Å²) in [5.74, 6) is -0.0508. The summed E-state index contributed by atoms with van der Waals surface area (Å²) in [5, 5.41) is 5.69. The lowest BCUT2D eigenvalue weighted by atomic mass is 10.3. The lowest BCUT2D eigenvalue weighted by Crippen LogP contribution is -2.28. The number of para-hydroxylation sites is 1. The van der Waals surface area contributed by atoms with Crippen LogP contribution < -0.4 is 16.4 Å². The second kappa shape index (κ2) is 6.76. The molecule has 1 aromatic carbocycles. The normalized spacial score (nSPS) is 10.7. The molecule has 108 valence electrons. The number of rotatable bonds is 7. The van der Waals surface area contributed by atoms with Crippen LogP contribution in [0.3, 0.4) is 0 Å². The Bertz CT molecular complexity index is 582. The molecule has 2 rings (SSSR count). The van der Waals surface area contributed by atoms with Crippen LogP contribution in [0.4, 0.5) is 11.7 Å². The van der Waals surface area contributed by atoms with E-state index in [0.29, 0.717) is 48.9 Å². The topological polar surface area (TPSA) is 102 Å². The van der Waals surface area contributed by atoms with E-state index in [-0.39, 0.29) is 5.91 Å². The van der Waals surface area contributed by atoms with Crippen molar-refractivity contribution in [2.75, 3.05) is 37.9 Å². The molecule has 1 amide bonds. The molecular formula is C13H18N4O3. The highest BCUT2D eigenvalue weighted by Crippen LogP contribution is 2.23. The maximum atomic E-state index is 11.5. The number of oxazole rings is 1. The molecule has 0 atom stereocenters. The number of ether oxygens (including phenoxy) is 1. The maximum absolute atomic E-state index is 11.5. The standard InChI is InChI=1S/C13H18N4O3/c1-19-8-7-15-11(18)5-6-16-13-17-12-9(14)3-2-4-10(12)20-13/h2-4H,5-8,14H2,1H3,(H,15,18)(H,16,17). The van der Waals surface area contributed by atoms with Gasteiger partial charge in [-0.1, -0.05) is 6.07 Å². The molecule has 2 aromatic rings. The second-order valence-electron chi connectivity index (χ2n) is 4.23. The van der Waals surface area contributed by atoms with Crippen molar-refractivity contribution < 1.29 is 13.9 Å². The summed E-state index contributed by atoms with van der Waals surface area (Å²) in [6.45, 7) is 1.45. The van der Waals surface area contributed by atoms with Crippen molar-refractivity contribution >= 4 is 28.7 Å². The maximum Gasteiger partial charge on any atom is 0.295 e. The fourth-order valence-corrected chi connectivity index (χ4v) is 1.71. The summed E-state index contributed by atoms with van der Waals surface area (Å²) in [6, 6.07) is 5.72. The predicted molar refractivity (Wildman–Crippen MR) is 76.4 cm³/mol. The molecule has 0 saturated carbocycles. The van der Waals surface area contributed by atoms with E-state index in [1.54, 1.807) is 25.3 Å². The molecule has 0 aliphatic carbocycles. The Morgan fingerprint density at radius 2 is 2.30 bits per heavy atom. The highest BCUT2D eigenvalue weighted by molar-refractivity contribution is 5.86. The SMILES string of the molecule is COCCNC(=O)CCNc1nc2c(N)cccc2o1. The molecule has 1 heterocycles. The largest absolute Gasteiger partial charge is 0.423 e. The van der Waals surface area contributed by atoms with Crippen LogP contribution in [0.5, 0.6) is 0 Å². The number of methoxy groups -OCH3 is 1. The molecule has 0 aliphatic heterocycles. The summed E-state index contributed by atoms with van der Waals surface area (Å²) in [5.41, 5.74) is 7.60. The van der Waals surface area contributed by atoms with E-state index in [1.165, 1.54) is 0 Å². The Balaban J connectivity index is 1.81. The van der Waals surface area contributed by atoms with Gasteiger partial charge in [-0.25, -0.2) is 0 Å². The van der Waals surface area contributed by atoms with Gasteiger partial charge >= 0.3 is 0 Å². The first-order valence-corrected chi connectivity index (χ1v) is 6.35. The predicted octanol–water partition coefficient (Wildman–Crippen LogP) is 0.975. The van der Waals surface area contributed by atoms with Gasteiger partial charge in [-0.3, -0.25) is 4.79 Å². The number of nitrogens with two attached hydrogens (primary N) is 1. The third-order valence-corrected chi connectivity index (χ3v) is 2.71. The highest BCUT2D eigenvalue weighted by Gasteiger charge is 2.08. The Hall–Kier alpha value is -2.28. The molecule has 7 nitrogen and oxygen atoms in total. The van der Waals surface area contributed by atoms with Crippen molar-refractivity contribution in [3.63, 3.8) is 0 Å². The van der Waals surface area contributed by atoms with Gasteiger partial charge < -0.3 is 25.5 Å². The molecule has 4 N–H and O–H groups in total. The van der Waals surface area contributed by atoms with Gasteiger partial charge in [0.1, 0.15) is 5.52 Å². The monoisotopic (exact) mass is 278 g/mol. The van der Waals surface area contributed by atoms with Gasteiger partial charge in [-0.2, -0.15) is 4.98 Å². The molecule has 1 aromatic heterocycles. The number of hydrogen-bond acceptors (Lipinski definition) is 6. The zero-order valence-electron chi connectivity index (χ0n) is 11.3. The molecule has 0 unspecified atom stereocenters. The number of benzene rings is 1. The number of anilines is 2. The lowest BCUT2D eigenvalue weighted by Gasteiger charge is -2.04. The number of carbonyl (C=O) groups excluding carboxylic acids is 1. The summed E-state index contributed by atoms with van der Waals surface area (Å²) in [6.07, 6.45) is 0.331. The summed E-state index contributed by atoms with van der Waals surface area (Å²) >= 11 is 0. The number of fused-ring (bicyclic) bond motifs is 1. The van der Waals surface area contributed by atoms with Gasteiger partial charge in [0.15, 0.2) is 5.58 Å². The number of amides is 1. The second-order valence-corrected chi connectivity index (χ2v) is 4.23. The van der Waals surface area contributed by atoms with Gasteiger partial charge in [-0.15, -0.1) is 0 Å². The minimum absolute atomic E-state index is 0.0508. The van der Waals surface area contributed by atoms with Crippen LogP contribution >= 0.6 is 0 Å². The molecule has 0 bridgehead atoms. The van der Waals surface area contributed by atoms with Crippen LogP contribution in [0.2, 0.25) is 0 Å². The average molecular weight is 278 g/mol. The minimum atomic E-state index is -0.0508. The number of nitrogen functional groups attached to an aromatic ring is 1. The van der Waals surface area contributed by atoms with Crippen LogP contribution in [-0.4, -0.2) is 37.7 Å².